The topological polar surface area (TPSA) is 47.0 Å². The smallest absolute Gasteiger partial charge is 0.398 e. The highest BCUT2D eigenvalue weighted by Gasteiger charge is 2.27. The molecule has 1 heterocycles. The lowest BCUT2D eigenvalue weighted by molar-refractivity contribution is -0.105. The number of benzene rings is 1. The molecule has 1 aromatic carbocycles. The lowest BCUT2D eigenvalue weighted by Crippen LogP contribution is -2.14. The van der Waals surface area contributed by atoms with Crippen molar-refractivity contribution < 1.29 is 26.7 Å². The molecule has 2 aromatic rings. The van der Waals surface area contributed by atoms with Gasteiger partial charge in [-0.05, 0) is 37.6 Å². The van der Waals surface area contributed by atoms with E-state index in [9.17, 15) is 22.0 Å². The van der Waals surface area contributed by atoms with Crippen molar-refractivity contribution in [2.45, 2.75) is 31.3 Å². The number of aryl methyl sites for hydroxylation is 2. The van der Waals surface area contributed by atoms with Gasteiger partial charge in [-0.1, -0.05) is 11.6 Å². The Morgan fingerprint density at radius 1 is 1.21 bits per heavy atom. The molecule has 0 saturated heterocycles. The summed E-state index contributed by atoms with van der Waals surface area (Å²) in [6.45, 7) is 3.59. The molecule has 0 atom stereocenters. The number of thioether (sulfide) groups is 1. The highest BCUT2D eigenvalue weighted by Crippen LogP contribution is 2.31. The molecule has 0 fully saturated rings. The maximum atomic E-state index is 12.9. The van der Waals surface area contributed by atoms with E-state index in [0.29, 0.717) is 28.0 Å². The first-order valence-electron chi connectivity index (χ1n) is 8.06. The number of nitrogens with one attached hydrogen (secondary N) is 1. The minimum Gasteiger partial charge on any atom is -0.491 e. The Morgan fingerprint density at radius 2 is 1.93 bits per heavy atom. The Balaban J connectivity index is 1.90. The summed E-state index contributed by atoms with van der Waals surface area (Å²) >= 11 is 6.58. The van der Waals surface area contributed by atoms with E-state index in [4.69, 9.17) is 16.3 Å². The van der Waals surface area contributed by atoms with Crippen LogP contribution < -0.4 is 10.1 Å². The van der Waals surface area contributed by atoms with E-state index >= 15 is 0 Å². The number of hydrogen-bond acceptors (Lipinski definition) is 5. The number of nitrogens with zero attached hydrogens (tertiary/aromatic N) is 2. The molecule has 4 nitrogen and oxygen atoms in total. The van der Waals surface area contributed by atoms with E-state index in [1.807, 2.05) is 0 Å². The van der Waals surface area contributed by atoms with Crippen molar-refractivity contribution in [3.05, 3.63) is 40.3 Å². The van der Waals surface area contributed by atoms with Crippen LogP contribution in [0, 0.1) is 13.8 Å². The quantitative estimate of drug-likeness (QED) is 0.317. The third-order valence-corrected chi connectivity index (χ3v) is 4.83. The zero-order valence-corrected chi connectivity index (χ0v) is 16.5. The van der Waals surface area contributed by atoms with Gasteiger partial charge in [0.15, 0.2) is 0 Å². The van der Waals surface area contributed by atoms with Gasteiger partial charge in [0.05, 0.1) is 12.3 Å². The van der Waals surface area contributed by atoms with Crippen LogP contribution in [-0.2, 0) is 0 Å². The van der Waals surface area contributed by atoms with Gasteiger partial charge >= 0.3 is 6.18 Å². The van der Waals surface area contributed by atoms with Crippen LogP contribution in [0.25, 0.3) is 0 Å². The third kappa shape index (κ3) is 6.66. The molecule has 1 aromatic heterocycles. The first-order valence-corrected chi connectivity index (χ1v) is 9.42. The Morgan fingerprint density at radius 3 is 2.54 bits per heavy atom. The van der Waals surface area contributed by atoms with Crippen LogP contribution in [0.15, 0.2) is 23.1 Å². The summed E-state index contributed by atoms with van der Waals surface area (Å²) in [5, 5.41) is 2.57. The van der Waals surface area contributed by atoms with Gasteiger partial charge in [0.25, 0.3) is 6.43 Å². The predicted molar refractivity (Wildman–Crippen MR) is 98.7 cm³/mol. The van der Waals surface area contributed by atoms with Crippen molar-refractivity contribution in [3.63, 3.8) is 0 Å². The van der Waals surface area contributed by atoms with Crippen molar-refractivity contribution >= 4 is 29.2 Å². The lowest BCUT2D eigenvalue weighted by atomic mass is 10.2. The Kier molecular flexibility index (Phi) is 7.70. The monoisotopic (exact) mass is 441 g/mol. The van der Waals surface area contributed by atoms with Crippen LogP contribution >= 0.6 is 23.4 Å². The minimum absolute atomic E-state index is 0.0867. The highest BCUT2D eigenvalue weighted by molar-refractivity contribution is 7.99. The fourth-order valence-corrected chi connectivity index (χ4v) is 3.20. The number of anilines is 1. The molecule has 28 heavy (non-hydrogen) atoms. The summed E-state index contributed by atoms with van der Waals surface area (Å²) in [4.78, 5) is 8.10. The summed E-state index contributed by atoms with van der Waals surface area (Å²) in [5.41, 5.74) is 0.142. The van der Waals surface area contributed by atoms with Gasteiger partial charge in [0.2, 0.25) is 0 Å². The number of ether oxygens (including phenoxy) is 1. The molecule has 0 aliphatic carbocycles. The molecule has 2 rings (SSSR count). The molecule has 0 unspecified atom stereocenters. The second-order valence-electron chi connectivity index (χ2n) is 5.73. The molecule has 0 amide bonds. The fourth-order valence-electron chi connectivity index (χ4n) is 2.21. The number of aromatic nitrogens is 2. The average molecular weight is 442 g/mol. The van der Waals surface area contributed by atoms with Crippen LogP contribution in [0.5, 0.6) is 5.75 Å². The maximum absolute atomic E-state index is 12.9. The standard InChI is InChI=1S/C17H17ClF5N3OS/c1-9-7-11(28-8-17(21,22)23)3-4-12(9)27-6-5-24-16-13(18)14(15(19)20)25-10(2)26-16/h3-4,7,15H,5-6,8H2,1-2H3,(H,24,25,26). The first kappa shape index (κ1) is 22.5. The Hall–Kier alpha value is -1.81. The van der Waals surface area contributed by atoms with E-state index in [1.165, 1.54) is 6.92 Å². The van der Waals surface area contributed by atoms with Crippen molar-refractivity contribution in [1.82, 2.24) is 9.97 Å². The predicted octanol–water partition coefficient (Wildman–Crippen LogP) is 5.83. The van der Waals surface area contributed by atoms with Crippen molar-refractivity contribution in [1.29, 1.82) is 0 Å². The van der Waals surface area contributed by atoms with E-state index in [2.05, 4.69) is 15.3 Å². The largest absolute Gasteiger partial charge is 0.491 e. The zero-order chi connectivity index (χ0) is 20.9. The number of hydrogen-bond donors (Lipinski definition) is 1. The van der Waals surface area contributed by atoms with E-state index in [-0.39, 0.29) is 29.8 Å². The van der Waals surface area contributed by atoms with Crippen LogP contribution in [0.2, 0.25) is 5.02 Å². The molecule has 0 saturated carbocycles. The van der Waals surface area contributed by atoms with Crippen LogP contribution in [-0.4, -0.2) is 35.0 Å². The van der Waals surface area contributed by atoms with E-state index in [0.717, 1.165) is 0 Å². The Labute approximate surface area is 167 Å². The van der Waals surface area contributed by atoms with Gasteiger partial charge in [-0.15, -0.1) is 11.8 Å². The molecular weight excluding hydrogens is 425 g/mol. The highest BCUT2D eigenvalue weighted by atomic mass is 35.5. The molecule has 0 bridgehead atoms. The second-order valence-corrected chi connectivity index (χ2v) is 7.15. The molecule has 0 radical (unpaired) electrons. The van der Waals surface area contributed by atoms with Gasteiger partial charge in [-0.3, -0.25) is 0 Å². The fraction of sp³-hybridized carbons (Fsp3) is 0.412. The molecule has 154 valence electrons. The van der Waals surface area contributed by atoms with Gasteiger partial charge in [-0.2, -0.15) is 13.2 Å². The lowest BCUT2D eigenvalue weighted by Gasteiger charge is -2.13. The molecule has 0 aliphatic heterocycles. The van der Waals surface area contributed by atoms with Crippen LogP contribution in [0.4, 0.5) is 27.8 Å². The Bertz CT molecular complexity index is 820. The zero-order valence-electron chi connectivity index (χ0n) is 14.9. The molecule has 1 N–H and O–H groups in total. The van der Waals surface area contributed by atoms with Crippen molar-refractivity contribution in [3.8, 4) is 5.75 Å². The number of rotatable bonds is 8. The summed E-state index contributed by atoms with van der Waals surface area (Å²) in [5.74, 6) is -0.206. The minimum atomic E-state index is -4.23. The van der Waals surface area contributed by atoms with Crippen LogP contribution in [0.3, 0.4) is 0 Å². The summed E-state index contributed by atoms with van der Waals surface area (Å²) in [7, 11) is 0. The average Bonchev–Trinajstić information content (AvgIpc) is 2.59. The maximum Gasteiger partial charge on any atom is 0.398 e. The third-order valence-electron chi connectivity index (χ3n) is 3.40. The summed E-state index contributed by atoms with van der Waals surface area (Å²) < 4.78 is 68.2. The van der Waals surface area contributed by atoms with Gasteiger partial charge in [0.1, 0.15) is 34.7 Å². The van der Waals surface area contributed by atoms with E-state index < -0.39 is 24.0 Å². The summed E-state index contributed by atoms with van der Waals surface area (Å²) in [6, 6.07) is 4.75. The van der Waals surface area contributed by atoms with Gasteiger partial charge in [0, 0.05) is 4.90 Å². The van der Waals surface area contributed by atoms with Gasteiger partial charge < -0.3 is 10.1 Å². The normalized spacial score (nSPS) is 11.8. The second kappa shape index (κ2) is 9.60. The first-order chi connectivity index (χ1) is 13.1. The molecule has 0 spiro atoms. The summed E-state index contributed by atoms with van der Waals surface area (Å²) in [6.07, 6.45) is -7.05. The number of halogens is 6. The van der Waals surface area contributed by atoms with Crippen molar-refractivity contribution in [2.75, 3.05) is 24.2 Å². The van der Waals surface area contributed by atoms with E-state index in [1.54, 1.807) is 25.1 Å². The van der Waals surface area contributed by atoms with Gasteiger partial charge in [-0.25, -0.2) is 18.7 Å². The van der Waals surface area contributed by atoms with Crippen molar-refractivity contribution in [2.24, 2.45) is 0 Å². The molecule has 11 heteroatoms. The SMILES string of the molecule is Cc1nc(NCCOc2ccc(SCC(F)(F)F)cc2C)c(Cl)c(C(F)F)n1. The molecular formula is C17H17ClF5N3OS. The number of alkyl halides is 5. The molecule has 0 aliphatic rings. The van der Waals surface area contributed by atoms with Crippen LogP contribution in [0.1, 0.15) is 23.5 Å².